The van der Waals surface area contributed by atoms with Gasteiger partial charge < -0.3 is 15.2 Å². The Kier molecular flexibility index (Phi) is 6.74. The molecule has 0 bridgehead atoms. The number of hydrogen-bond acceptors (Lipinski definition) is 4. The zero-order valence-electron chi connectivity index (χ0n) is 18.2. The van der Waals surface area contributed by atoms with Crippen molar-refractivity contribution < 1.29 is 9.59 Å². The van der Waals surface area contributed by atoms with E-state index in [0.29, 0.717) is 6.42 Å². The summed E-state index contributed by atoms with van der Waals surface area (Å²) >= 11 is 0. The average molecular weight is 414 g/mol. The lowest BCUT2D eigenvalue weighted by atomic mass is 10.0. The van der Waals surface area contributed by atoms with Crippen molar-refractivity contribution >= 4 is 11.8 Å². The molecule has 1 aliphatic rings. The second-order valence-corrected chi connectivity index (χ2v) is 8.26. The number of rotatable bonds is 7. The third kappa shape index (κ3) is 4.98. The maximum Gasteiger partial charge on any atom is 0.263 e. The number of pyridine rings is 1. The van der Waals surface area contributed by atoms with E-state index >= 15 is 0 Å². The molecule has 8 heteroatoms. The van der Waals surface area contributed by atoms with E-state index in [1.165, 1.54) is 10.6 Å². The summed E-state index contributed by atoms with van der Waals surface area (Å²) in [6, 6.07) is 3.15. The van der Waals surface area contributed by atoms with Crippen molar-refractivity contribution in [3.63, 3.8) is 0 Å². The third-order valence-corrected chi connectivity index (χ3v) is 5.85. The number of carbonyl (C=O) groups is 2. The van der Waals surface area contributed by atoms with E-state index in [0.717, 1.165) is 42.6 Å². The van der Waals surface area contributed by atoms with Crippen LogP contribution in [0.25, 0.3) is 0 Å². The summed E-state index contributed by atoms with van der Waals surface area (Å²) in [6.45, 7) is 5.76. The minimum atomic E-state index is -0.461. The van der Waals surface area contributed by atoms with Crippen LogP contribution in [0, 0.1) is 13.8 Å². The van der Waals surface area contributed by atoms with Gasteiger partial charge in [-0.2, -0.15) is 5.10 Å². The van der Waals surface area contributed by atoms with Crippen molar-refractivity contribution in [3.05, 3.63) is 51.2 Å². The molecule has 0 unspecified atom stereocenters. The smallest absolute Gasteiger partial charge is 0.263 e. The van der Waals surface area contributed by atoms with Crippen molar-refractivity contribution in [1.82, 2.24) is 25.0 Å². The van der Waals surface area contributed by atoms with E-state index in [-0.39, 0.29) is 30.1 Å². The SMILES string of the molecule is Cc1nn(C)c(C)c1C[C@@H](C)NC(=O)c1cccn(CC(=O)NC2CCCC2)c1=O. The summed E-state index contributed by atoms with van der Waals surface area (Å²) in [7, 11) is 1.89. The van der Waals surface area contributed by atoms with Gasteiger partial charge in [-0.15, -0.1) is 0 Å². The Labute approximate surface area is 176 Å². The highest BCUT2D eigenvalue weighted by atomic mass is 16.2. The maximum atomic E-state index is 12.7. The first kappa shape index (κ1) is 21.8. The molecule has 0 aromatic carbocycles. The Morgan fingerprint density at radius 3 is 2.60 bits per heavy atom. The van der Waals surface area contributed by atoms with Crippen LogP contribution in [0.4, 0.5) is 0 Å². The van der Waals surface area contributed by atoms with E-state index < -0.39 is 11.5 Å². The van der Waals surface area contributed by atoms with E-state index in [2.05, 4.69) is 15.7 Å². The van der Waals surface area contributed by atoms with Gasteiger partial charge in [0.15, 0.2) is 0 Å². The molecule has 2 amide bonds. The van der Waals surface area contributed by atoms with Crippen molar-refractivity contribution in [1.29, 1.82) is 0 Å². The van der Waals surface area contributed by atoms with Gasteiger partial charge in [0.2, 0.25) is 5.91 Å². The first-order chi connectivity index (χ1) is 14.3. The minimum absolute atomic E-state index is 0.0395. The molecule has 30 heavy (non-hydrogen) atoms. The highest BCUT2D eigenvalue weighted by molar-refractivity contribution is 5.94. The second-order valence-electron chi connectivity index (χ2n) is 8.26. The summed E-state index contributed by atoms with van der Waals surface area (Å²) in [5.74, 6) is -0.630. The summed E-state index contributed by atoms with van der Waals surface area (Å²) in [4.78, 5) is 37.7. The van der Waals surface area contributed by atoms with Gasteiger partial charge in [0.05, 0.1) is 5.69 Å². The number of aryl methyl sites for hydroxylation is 2. The van der Waals surface area contributed by atoms with Crippen LogP contribution in [0.15, 0.2) is 23.1 Å². The van der Waals surface area contributed by atoms with Gasteiger partial charge in [0.25, 0.3) is 11.5 Å². The molecule has 1 saturated carbocycles. The fourth-order valence-electron chi connectivity index (χ4n) is 4.10. The molecular weight excluding hydrogens is 382 g/mol. The molecule has 2 aromatic rings. The van der Waals surface area contributed by atoms with Crippen LogP contribution in [0.5, 0.6) is 0 Å². The molecule has 162 valence electrons. The fraction of sp³-hybridized carbons (Fsp3) is 0.545. The number of carbonyl (C=O) groups excluding carboxylic acids is 2. The predicted molar refractivity (Wildman–Crippen MR) is 114 cm³/mol. The van der Waals surface area contributed by atoms with E-state index in [4.69, 9.17) is 0 Å². The average Bonchev–Trinajstić information content (AvgIpc) is 3.27. The van der Waals surface area contributed by atoms with Gasteiger partial charge in [0.1, 0.15) is 12.1 Å². The Morgan fingerprint density at radius 1 is 1.27 bits per heavy atom. The van der Waals surface area contributed by atoms with Crippen LogP contribution >= 0.6 is 0 Å². The second kappa shape index (κ2) is 9.28. The maximum absolute atomic E-state index is 12.7. The molecule has 2 N–H and O–H groups in total. The van der Waals surface area contributed by atoms with Crippen LogP contribution in [0.1, 0.15) is 59.9 Å². The van der Waals surface area contributed by atoms with Crippen molar-refractivity contribution in [3.8, 4) is 0 Å². The number of nitrogens with zero attached hydrogens (tertiary/aromatic N) is 3. The molecule has 3 rings (SSSR count). The van der Waals surface area contributed by atoms with Crippen LogP contribution in [-0.4, -0.2) is 38.2 Å². The molecule has 1 fully saturated rings. The quantitative estimate of drug-likeness (QED) is 0.721. The van der Waals surface area contributed by atoms with Gasteiger partial charge in [0, 0.05) is 31.0 Å². The minimum Gasteiger partial charge on any atom is -0.352 e. The molecule has 0 saturated heterocycles. The molecule has 2 aromatic heterocycles. The highest BCUT2D eigenvalue weighted by Crippen LogP contribution is 2.17. The highest BCUT2D eigenvalue weighted by Gasteiger charge is 2.20. The molecule has 1 atom stereocenters. The Hall–Kier alpha value is -2.90. The lowest BCUT2D eigenvalue weighted by Gasteiger charge is -2.15. The fourth-order valence-corrected chi connectivity index (χ4v) is 4.10. The lowest BCUT2D eigenvalue weighted by molar-refractivity contribution is -0.122. The first-order valence-electron chi connectivity index (χ1n) is 10.5. The Balaban J connectivity index is 1.64. The number of aromatic nitrogens is 3. The normalized spacial score (nSPS) is 15.2. The molecule has 2 heterocycles. The summed E-state index contributed by atoms with van der Waals surface area (Å²) in [6.07, 6.45) is 6.38. The largest absolute Gasteiger partial charge is 0.352 e. The molecule has 0 radical (unpaired) electrons. The number of hydrogen-bond donors (Lipinski definition) is 2. The van der Waals surface area contributed by atoms with Gasteiger partial charge in [-0.05, 0) is 57.7 Å². The van der Waals surface area contributed by atoms with Gasteiger partial charge >= 0.3 is 0 Å². The summed E-state index contributed by atoms with van der Waals surface area (Å²) in [5, 5.41) is 10.3. The predicted octanol–water partition coefficient (Wildman–Crippen LogP) is 1.62. The van der Waals surface area contributed by atoms with Gasteiger partial charge in [-0.3, -0.25) is 19.1 Å². The van der Waals surface area contributed by atoms with Crippen molar-refractivity contribution in [2.75, 3.05) is 0 Å². The number of nitrogens with one attached hydrogen (secondary N) is 2. The topological polar surface area (TPSA) is 98.0 Å². The van der Waals surface area contributed by atoms with E-state index in [9.17, 15) is 14.4 Å². The third-order valence-electron chi connectivity index (χ3n) is 5.85. The number of amides is 2. The van der Waals surface area contributed by atoms with E-state index in [1.54, 1.807) is 12.3 Å². The molecule has 8 nitrogen and oxygen atoms in total. The van der Waals surface area contributed by atoms with Crippen molar-refractivity contribution in [2.24, 2.45) is 7.05 Å². The molecule has 0 spiro atoms. The summed E-state index contributed by atoms with van der Waals surface area (Å²) in [5.41, 5.74) is 2.67. The molecule has 0 aliphatic heterocycles. The van der Waals surface area contributed by atoms with Crippen LogP contribution in [-0.2, 0) is 24.8 Å². The van der Waals surface area contributed by atoms with E-state index in [1.807, 2.05) is 32.5 Å². The zero-order valence-corrected chi connectivity index (χ0v) is 18.2. The molecular formula is C22H31N5O3. The van der Waals surface area contributed by atoms with Crippen LogP contribution in [0.2, 0.25) is 0 Å². The zero-order chi connectivity index (χ0) is 21.8. The Morgan fingerprint density at radius 2 is 1.97 bits per heavy atom. The van der Waals surface area contributed by atoms with Gasteiger partial charge in [-0.1, -0.05) is 12.8 Å². The van der Waals surface area contributed by atoms with Crippen LogP contribution < -0.4 is 16.2 Å². The Bertz CT molecular complexity index is 985. The van der Waals surface area contributed by atoms with Gasteiger partial charge in [-0.25, -0.2) is 0 Å². The summed E-state index contributed by atoms with van der Waals surface area (Å²) < 4.78 is 3.12. The lowest BCUT2D eigenvalue weighted by Crippen LogP contribution is -2.41. The standard InChI is InChI=1S/C22H31N5O3/c1-14(12-19-15(2)25-26(4)16(19)3)23-21(29)18-10-7-11-27(22(18)30)13-20(28)24-17-8-5-6-9-17/h7,10-11,14,17H,5-6,8-9,12-13H2,1-4H3,(H,23,29)(H,24,28)/t14-/m1/s1. The first-order valence-corrected chi connectivity index (χ1v) is 10.5. The van der Waals surface area contributed by atoms with Crippen molar-refractivity contribution in [2.45, 2.75) is 71.5 Å². The van der Waals surface area contributed by atoms with Crippen LogP contribution in [0.3, 0.4) is 0 Å². The monoisotopic (exact) mass is 413 g/mol. The molecule has 1 aliphatic carbocycles.